The second kappa shape index (κ2) is 13.3. The molecular weight excluding hydrogens is 472 g/mol. The summed E-state index contributed by atoms with van der Waals surface area (Å²) in [4.78, 5) is 52.2. The Morgan fingerprint density at radius 2 is 1.80 bits per heavy atom. The molecule has 0 radical (unpaired) electrons. The fourth-order valence-corrected chi connectivity index (χ4v) is 4.36. The van der Waals surface area contributed by atoms with Gasteiger partial charge in [0.05, 0.1) is 6.04 Å². The smallest absolute Gasteiger partial charge is 0.326 e. The predicted octanol–water partition coefficient (Wildman–Crippen LogP) is 0.716. The first-order valence-corrected chi connectivity index (χ1v) is 13.1. The molecule has 0 aliphatic carbocycles. The molecule has 1 aromatic rings. The van der Waals surface area contributed by atoms with Crippen LogP contribution in [0, 0.1) is 5.92 Å². The maximum Gasteiger partial charge on any atom is 0.326 e. The largest absolute Gasteiger partial charge is 0.508 e. The van der Waals surface area contributed by atoms with Crippen molar-refractivity contribution in [3.63, 3.8) is 0 Å². The molecule has 2 rings (SSSR count). The Bertz CT molecular complexity index is 895. The van der Waals surface area contributed by atoms with Crippen LogP contribution in [-0.2, 0) is 25.6 Å². The summed E-state index contributed by atoms with van der Waals surface area (Å²) in [6, 6.07) is 2.53. The molecule has 6 N–H and O–H groups in total. The molecule has 35 heavy (non-hydrogen) atoms. The number of rotatable bonds is 12. The van der Waals surface area contributed by atoms with Crippen LogP contribution in [0.15, 0.2) is 24.3 Å². The van der Waals surface area contributed by atoms with Crippen molar-refractivity contribution in [1.82, 2.24) is 15.5 Å². The molecule has 194 valence electrons. The van der Waals surface area contributed by atoms with Crippen LogP contribution in [-0.4, -0.2) is 81.5 Å². The highest BCUT2D eigenvalue weighted by Crippen LogP contribution is 2.20. The van der Waals surface area contributed by atoms with Crippen LogP contribution < -0.4 is 16.4 Å². The summed E-state index contributed by atoms with van der Waals surface area (Å²) in [6.45, 7) is 4.07. The maximum absolute atomic E-state index is 13.2. The molecule has 0 bridgehead atoms. The van der Waals surface area contributed by atoms with Crippen molar-refractivity contribution in [2.75, 3.05) is 18.6 Å². The van der Waals surface area contributed by atoms with Gasteiger partial charge in [-0.25, -0.2) is 4.79 Å². The summed E-state index contributed by atoms with van der Waals surface area (Å²) in [6.07, 6.45) is 3.24. The number of nitrogens with two attached hydrogens (primary N) is 1. The van der Waals surface area contributed by atoms with Crippen molar-refractivity contribution in [1.29, 1.82) is 0 Å². The van der Waals surface area contributed by atoms with E-state index in [2.05, 4.69) is 10.6 Å². The van der Waals surface area contributed by atoms with E-state index in [9.17, 15) is 29.4 Å². The Balaban J connectivity index is 2.21. The number of phenolic OH excluding ortho intramolecular Hbond substituents is 1. The highest BCUT2D eigenvalue weighted by molar-refractivity contribution is 7.98. The highest BCUT2D eigenvalue weighted by atomic mass is 32.2. The van der Waals surface area contributed by atoms with Crippen molar-refractivity contribution in [3.8, 4) is 5.75 Å². The van der Waals surface area contributed by atoms with E-state index in [4.69, 9.17) is 5.73 Å². The summed E-state index contributed by atoms with van der Waals surface area (Å²) in [7, 11) is 0. The number of aromatic hydroxyl groups is 1. The van der Waals surface area contributed by atoms with Gasteiger partial charge in [0.25, 0.3) is 0 Å². The van der Waals surface area contributed by atoms with E-state index in [1.807, 2.05) is 20.1 Å². The number of amides is 3. The molecule has 1 saturated heterocycles. The molecule has 4 unspecified atom stereocenters. The van der Waals surface area contributed by atoms with Gasteiger partial charge in [-0.1, -0.05) is 26.0 Å². The van der Waals surface area contributed by atoms with Gasteiger partial charge in [0.2, 0.25) is 17.7 Å². The van der Waals surface area contributed by atoms with E-state index in [0.717, 1.165) is 0 Å². The lowest BCUT2D eigenvalue weighted by Crippen LogP contribution is -2.57. The number of likely N-dealkylation sites (tertiary alicyclic amines) is 1. The number of phenols is 1. The first kappa shape index (κ1) is 28.4. The van der Waals surface area contributed by atoms with Gasteiger partial charge < -0.3 is 31.5 Å². The van der Waals surface area contributed by atoms with Crippen molar-refractivity contribution in [2.45, 2.75) is 63.7 Å². The number of carboxylic acids is 1. The molecule has 0 aromatic heterocycles. The molecule has 1 aromatic carbocycles. The monoisotopic (exact) mass is 508 g/mol. The number of nitrogens with zero attached hydrogens (tertiary/aromatic N) is 1. The first-order chi connectivity index (χ1) is 16.5. The van der Waals surface area contributed by atoms with E-state index in [1.165, 1.54) is 28.8 Å². The lowest BCUT2D eigenvalue weighted by Gasteiger charge is -2.29. The zero-order valence-corrected chi connectivity index (χ0v) is 21.2. The quantitative estimate of drug-likeness (QED) is 0.276. The zero-order chi connectivity index (χ0) is 26.1. The minimum atomic E-state index is -1.16. The highest BCUT2D eigenvalue weighted by Gasteiger charge is 2.38. The Kier molecular flexibility index (Phi) is 10.8. The van der Waals surface area contributed by atoms with Gasteiger partial charge in [0.15, 0.2) is 0 Å². The molecule has 4 atom stereocenters. The normalized spacial score (nSPS) is 18.1. The standard InChI is InChI=1S/C24H36N4O6S/c1-14(2)20(25)23(32)28-11-4-5-19(28)22(31)27-18(13-15-6-8-16(29)9-7-15)21(30)26-17(24(33)34)10-12-35-3/h6-9,14,17-20,29H,4-5,10-13,25H2,1-3H3,(H,26,30)(H,27,31)(H,33,34). The molecule has 1 aliphatic heterocycles. The minimum absolute atomic E-state index is 0.0587. The number of nitrogens with one attached hydrogen (secondary N) is 2. The molecule has 1 aliphatic rings. The van der Waals surface area contributed by atoms with Crippen LogP contribution in [0.4, 0.5) is 0 Å². The summed E-state index contributed by atoms with van der Waals surface area (Å²) in [5, 5.41) is 24.3. The first-order valence-electron chi connectivity index (χ1n) is 11.7. The maximum atomic E-state index is 13.2. The Morgan fingerprint density at radius 1 is 1.14 bits per heavy atom. The fourth-order valence-electron chi connectivity index (χ4n) is 3.89. The SMILES string of the molecule is CSCCC(NC(=O)C(Cc1ccc(O)cc1)NC(=O)C1CCCN1C(=O)C(N)C(C)C)C(=O)O. The number of benzene rings is 1. The molecule has 1 fully saturated rings. The third kappa shape index (κ3) is 8.14. The van der Waals surface area contributed by atoms with Gasteiger partial charge in [-0.3, -0.25) is 14.4 Å². The van der Waals surface area contributed by atoms with E-state index in [1.54, 1.807) is 12.1 Å². The van der Waals surface area contributed by atoms with Gasteiger partial charge >= 0.3 is 5.97 Å². The zero-order valence-electron chi connectivity index (χ0n) is 20.4. The van der Waals surface area contributed by atoms with Crippen molar-refractivity contribution < 1.29 is 29.4 Å². The lowest BCUT2D eigenvalue weighted by molar-refractivity contribution is -0.143. The second-order valence-corrected chi connectivity index (χ2v) is 10.1. The number of carbonyl (C=O) groups is 4. The van der Waals surface area contributed by atoms with Crippen LogP contribution in [0.3, 0.4) is 0 Å². The molecule has 11 heteroatoms. The van der Waals surface area contributed by atoms with Crippen LogP contribution in [0.1, 0.15) is 38.7 Å². The van der Waals surface area contributed by atoms with Crippen molar-refractivity contribution in [2.24, 2.45) is 11.7 Å². The van der Waals surface area contributed by atoms with Crippen LogP contribution in [0.2, 0.25) is 0 Å². The number of aliphatic carboxylic acids is 1. The van der Waals surface area contributed by atoms with Gasteiger partial charge in [-0.05, 0) is 54.9 Å². The Labute approximate surface area is 210 Å². The topological polar surface area (TPSA) is 162 Å². The van der Waals surface area contributed by atoms with Crippen LogP contribution in [0.25, 0.3) is 0 Å². The van der Waals surface area contributed by atoms with Gasteiger partial charge in [-0.2, -0.15) is 11.8 Å². The van der Waals surface area contributed by atoms with E-state index in [-0.39, 0.29) is 30.4 Å². The Hall–Kier alpha value is -2.79. The van der Waals surface area contributed by atoms with Crippen molar-refractivity contribution >= 4 is 35.5 Å². The van der Waals surface area contributed by atoms with E-state index < -0.39 is 42.0 Å². The third-order valence-corrected chi connectivity index (χ3v) is 6.72. The van der Waals surface area contributed by atoms with E-state index >= 15 is 0 Å². The van der Waals surface area contributed by atoms with Gasteiger partial charge in [-0.15, -0.1) is 0 Å². The second-order valence-electron chi connectivity index (χ2n) is 9.07. The number of hydrogen-bond acceptors (Lipinski definition) is 7. The number of carbonyl (C=O) groups excluding carboxylic acids is 3. The van der Waals surface area contributed by atoms with E-state index in [0.29, 0.717) is 30.7 Å². The third-order valence-electron chi connectivity index (χ3n) is 6.08. The number of carboxylic acid groups (broad SMARTS) is 1. The summed E-state index contributed by atoms with van der Waals surface area (Å²) >= 11 is 1.47. The summed E-state index contributed by atoms with van der Waals surface area (Å²) in [5.74, 6) is -2.06. The number of thioether (sulfide) groups is 1. The predicted molar refractivity (Wildman–Crippen MR) is 134 cm³/mol. The molecule has 1 heterocycles. The lowest BCUT2D eigenvalue weighted by atomic mass is 10.0. The van der Waals surface area contributed by atoms with Gasteiger partial charge in [0, 0.05) is 13.0 Å². The van der Waals surface area contributed by atoms with Gasteiger partial charge in [0.1, 0.15) is 23.9 Å². The molecule has 0 saturated carbocycles. The molecule has 10 nitrogen and oxygen atoms in total. The summed E-state index contributed by atoms with van der Waals surface area (Å²) in [5.41, 5.74) is 6.69. The minimum Gasteiger partial charge on any atom is -0.508 e. The van der Waals surface area contributed by atoms with Crippen LogP contribution >= 0.6 is 11.8 Å². The van der Waals surface area contributed by atoms with Crippen molar-refractivity contribution in [3.05, 3.63) is 29.8 Å². The molecular formula is C24H36N4O6S. The van der Waals surface area contributed by atoms with Crippen LogP contribution in [0.5, 0.6) is 5.75 Å². The molecule has 3 amide bonds. The Morgan fingerprint density at radius 3 is 2.37 bits per heavy atom. The fraction of sp³-hybridized carbons (Fsp3) is 0.583. The summed E-state index contributed by atoms with van der Waals surface area (Å²) < 4.78 is 0. The molecule has 0 spiro atoms. The average Bonchev–Trinajstić information content (AvgIpc) is 3.31. The number of hydrogen-bond donors (Lipinski definition) is 5. The average molecular weight is 509 g/mol.